The fourth-order valence-corrected chi connectivity index (χ4v) is 3.86. The molecule has 9 nitrogen and oxygen atoms in total. The van der Waals surface area contributed by atoms with Gasteiger partial charge in [0, 0.05) is 35.7 Å². The summed E-state index contributed by atoms with van der Waals surface area (Å²) in [6.45, 7) is 5.87. The van der Waals surface area contributed by atoms with E-state index in [-0.39, 0.29) is 35.5 Å². The maximum atomic E-state index is 13.0. The van der Waals surface area contributed by atoms with Crippen LogP contribution in [0.2, 0.25) is 0 Å². The van der Waals surface area contributed by atoms with Gasteiger partial charge in [-0.05, 0) is 62.9 Å². The molecule has 35 heavy (non-hydrogen) atoms. The monoisotopic (exact) mass is 475 g/mol. The Balaban J connectivity index is 1.60. The highest BCUT2D eigenvalue weighted by molar-refractivity contribution is 6.04. The van der Waals surface area contributed by atoms with E-state index in [0.717, 1.165) is 24.8 Å². The normalized spacial score (nSPS) is 13.7. The van der Waals surface area contributed by atoms with E-state index >= 15 is 0 Å². The molecule has 1 amide bonds. The van der Waals surface area contributed by atoms with Crippen LogP contribution < -0.4 is 16.6 Å². The molecule has 9 heteroatoms. The van der Waals surface area contributed by atoms with Crippen LogP contribution in [0.1, 0.15) is 66.3 Å². The molecule has 1 aliphatic rings. The Morgan fingerprint density at radius 1 is 1.17 bits per heavy atom. The van der Waals surface area contributed by atoms with Crippen molar-refractivity contribution in [3.05, 3.63) is 85.8 Å². The number of carbonyl (C=O) groups is 1. The molecule has 1 aromatic carbocycles. The molecular formula is C26H29N5O4. The second-order valence-electron chi connectivity index (χ2n) is 8.73. The molecule has 0 aliphatic heterocycles. The third kappa shape index (κ3) is 5.14. The molecule has 1 saturated carbocycles. The summed E-state index contributed by atoms with van der Waals surface area (Å²) in [5, 5.41) is 11.9. The molecular weight excluding hydrogens is 446 g/mol. The van der Waals surface area contributed by atoms with Gasteiger partial charge in [0.25, 0.3) is 11.5 Å². The van der Waals surface area contributed by atoms with Gasteiger partial charge in [-0.1, -0.05) is 19.1 Å². The predicted octanol–water partition coefficient (Wildman–Crippen LogP) is 3.34. The Kier molecular flexibility index (Phi) is 7.07. The van der Waals surface area contributed by atoms with Gasteiger partial charge in [0.05, 0.1) is 12.2 Å². The molecule has 0 unspecified atom stereocenters. The van der Waals surface area contributed by atoms with Crippen molar-refractivity contribution in [1.82, 2.24) is 14.1 Å². The van der Waals surface area contributed by atoms with Crippen LogP contribution in [0.3, 0.4) is 0 Å². The van der Waals surface area contributed by atoms with E-state index in [1.54, 1.807) is 61.0 Å². The minimum absolute atomic E-state index is 0.00793. The molecule has 3 aromatic rings. The van der Waals surface area contributed by atoms with Gasteiger partial charge in [0.1, 0.15) is 11.5 Å². The number of amides is 1. The molecule has 1 fully saturated rings. The van der Waals surface area contributed by atoms with E-state index in [2.05, 4.69) is 15.3 Å². The Morgan fingerprint density at radius 2 is 1.89 bits per heavy atom. The zero-order valence-corrected chi connectivity index (χ0v) is 20.1. The number of anilines is 1. The summed E-state index contributed by atoms with van der Waals surface area (Å²) in [5.41, 5.74) is 2.70. The molecule has 2 N–H and O–H groups in total. The predicted molar refractivity (Wildman–Crippen MR) is 135 cm³/mol. The standard InChI is InChI=1S/C26H29N5O4/c1-4-13-30-23(16(2)25(34)31(26(30)35)21-10-11-21)28-17(3)19-7-12-22(27-14-19)24(33)29-20-8-5-18(15-32)6-9-20/h5-9,12,14,21,32H,4,10-11,13,15H2,1-3H3,(H,29,33). The molecule has 0 bridgehead atoms. The van der Waals surface area contributed by atoms with Crippen molar-refractivity contribution in [3.8, 4) is 0 Å². The Bertz CT molecular complexity index is 1380. The molecule has 0 radical (unpaired) electrons. The number of pyridine rings is 1. The smallest absolute Gasteiger partial charge is 0.332 e. The van der Waals surface area contributed by atoms with Crippen molar-refractivity contribution in [2.24, 2.45) is 4.99 Å². The van der Waals surface area contributed by atoms with Gasteiger partial charge in [0.15, 0.2) is 0 Å². The number of rotatable bonds is 8. The summed E-state index contributed by atoms with van der Waals surface area (Å²) in [5.74, 6) is 0.00333. The van der Waals surface area contributed by atoms with E-state index in [0.29, 0.717) is 34.9 Å². The minimum atomic E-state index is -0.362. The third-order valence-electron chi connectivity index (χ3n) is 6.01. The van der Waals surface area contributed by atoms with Crippen LogP contribution in [0.5, 0.6) is 0 Å². The Morgan fingerprint density at radius 3 is 2.46 bits per heavy atom. The molecule has 0 spiro atoms. The molecule has 4 rings (SSSR count). The van der Waals surface area contributed by atoms with E-state index in [4.69, 9.17) is 5.11 Å². The van der Waals surface area contributed by atoms with Crippen LogP contribution >= 0.6 is 0 Å². The number of aliphatic hydroxyl groups excluding tert-OH is 1. The summed E-state index contributed by atoms with van der Waals surface area (Å²) < 4.78 is 2.95. The first-order valence-electron chi connectivity index (χ1n) is 11.7. The van der Waals surface area contributed by atoms with Crippen molar-refractivity contribution in [1.29, 1.82) is 0 Å². The number of hydrogen-bond acceptors (Lipinski definition) is 6. The molecule has 2 heterocycles. The van der Waals surface area contributed by atoms with Gasteiger partial charge < -0.3 is 10.4 Å². The lowest BCUT2D eigenvalue weighted by atomic mass is 10.1. The average Bonchev–Trinajstić information content (AvgIpc) is 3.70. The maximum absolute atomic E-state index is 13.0. The topological polar surface area (TPSA) is 119 Å². The van der Waals surface area contributed by atoms with Crippen molar-refractivity contribution in [3.63, 3.8) is 0 Å². The summed E-state index contributed by atoms with van der Waals surface area (Å²) in [7, 11) is 0. The Hall–Kier alpha value is -3.85. The number of hydrogen-bond donors (Lipinski definition) is 2. The minimum Gasteiger partial charge on any atom is -0.392 e. The summed E-state index contributed by atoms with van der Waals surface area (Å²) in [6, 6.07) is 10.2. The van der Waals surface area contributed by atoms with Crippen molar-refractivity contribution < 1.29 is 9.90 Å². The van der Waals surface area contributed by atoms with E-state index < -0.39 is 0 Å². The van der Waals surface area contributed by atoms with Gasteiger partial charge in [-0.15, -0.1) is 0 Å². The number of aromatic nitrogens is 3. The van der Waals surface area contributed by atoms with E-state index in [1.165, 1.54) is 4.57 Å². The Labute approximate surface area is 202 Å². The average molecular weight is 476 g/mol. The van der Waals surface area contributed by atoms with Gasteiger partial charge in [-0.2, -0.15) is 0 Å². The number of nitrogens with zero attached hydrogens (tertiary/aromatic N) is 4. The SMILES string of the molecule is CCCn1c(N=C(C)c2ccc(C(=O)Nc3ccc(CO)cc3)nc2)c(C)c(=O)n(C2CC2)c1=O. The lowest BCUT2D eigenvalue weighted by molar-refractivity contribution is 0.102. The van der Waals surface area contributed by atoms with Crippen LogP contribution in [0.15, 0.2) is 57.2 Å². The van der Waals surface area contributed by atoms with Gasteiger partial charge in [-0.3, -0.25) is 23.7 Å². The second kappa shape index (κ2) is 10.2. The first kappa shape index (κ1) is 24.3. The maximum Gasteiger partial charge on any atom is 0.332 e. The second-order valence-corrected chi connectivity index (χ2v) is 8.73. The summed E-state index contributed by atoms with van der Waals surface area (Å²) in [6.07, 6.45) is 3.98. The lowest BCUT2D eigenvalue weighted by Gasteiger charge is -2.15. The quantitative estimate of drug-likeness (QED) is 0.485. The van der Waals surface area contributed by atoms with Gasteiger partial charge in [0.2, 0.25) is 0 Å². The number of aliphatic imine (C=N–C) groups is 1. The largest absolute Gasteiger partial charge is 0.392 e. The number of carbonyl (C=O) groups excluding carboxylic acids is 1. The lowest BCUT2D eigenvalue weighted by Crippen LogP contribution is -2.40. The molecule has 1 aliphatic carbocycles. The molecule has 182 valence electrons. The fraction of sp³-hybridized carbons (Fsp3) is 0.346. The molecule has 2 aromatic heterocycles. The van der Waals surface area contributed by atoms with E-state index in [1.807, 2.05) is 6.92 Å². The van der Waals surface area contributed by atoms with Gasteiger partial charge in [-0.25, -0.2) is 9.79 Å². The first-order valence-corrected chi connectivity index (χ1v) is 11.7. The number of aliphatic hydroxyl groups is 1. The summed E-state index contributed by atoms with van der Waals surface area (Å²) in [4.78, 5) is 47.4. The van der Waals surface area contributed by atoms with Crippen LogP contribution in [0, 0.1) is 6.92 Å². The van der Waals surface area contributed by atoms with Crippen molar-refractivity contribution >= 4 is 23.1 Å². The zero-order chi connectivity index (χ0) is 25.1. The fourth-order valence-electron chi connectivity index (χ4n) is 3.86. The van der Waals surface area contributed by atoms with E-state index in [9.17, 15) is 14.4 Å². The zero-order valence-electron chi connectivity index (χ0n) is 20.1. The third-order valence-corrected chi connectivity index (χ3v) is 6.01. The highest BCUT2D eigenvalue weighted by Gasteiger charge is 2.29. The van der Waals surface area contributed by atoms with Crippen molar-refractivity contribution in [2.45, 2.75) is 59.2 Å². The summed E-state index contributed by atoms with van der Waals surface area (Å²) >= 11 is 0. The highest BCUT2D eigenvalue weighted by Crippen LogP contribution is 2.32. The number of nitrogens with one attached hydrogen (secondary N) is 1. The molecule has 0 atom stereocenters. The van der Waals surface area contributed by atoms with Crippen LogP contribution in [-0.4, -0.2) is 30.8 Å². The van der Waals surface area contributed by atoms with Crippen LogP contribution in [-0.2, 0) is 13.2 Å². The highest BCUT2D eigenvalue weighted by atomic mass is 16.3. The van der Waals surface area contributed by atoms with Gasteiger partial charge >= 0.3 is 5.69 Å². The van der Waals surface area contributed by atoms with Crippen molar-refractivity contribution in [2.75, 3.05) is 5.32 Å². The van der Waals surface area contributed by atoms with Crippen LogP contribution in [0.25, 0.3) is 0 Å². The first-order chi connectivity index (χ1) is 16.8. The van der Waals surface area contributed by atoms with Crippen LogP contribution in [0.4, 0.5) is 11.5 Å². The molecule has 0 saturated heterocycles. The number of benzene rings is 1.